The zero-order valence-electron chi connectivity index (χ0n) is 13.4. The molecule has 1 aromatic rings. The van der Waals surface area contributed by atoms with Crippen molar-refractivity contribution in [3.8, 4) is 0 Å². The third kappa shape index (κ3) is 3.76. The summed E-state index contributed by atoms with van der Waals surface area (Å²) >= 11 is 0. The molecule has 0 spiro atoms. The summed E-state index contributed by atoms with van der Waals surface area (Å²) in [5, 5.41) is 3.03. The Labute approximate surface area is 127 Å². The minimum atomic E-state index is 0.00734. The molecule has 1 fully saturated rings. The van der Waals surface area contributed by atoms with Crippen molar-refractivity contribution in [3.63, 3.8) is 0 Å². The monoisotopic (exact) mass is 290 g/mol. The second-order valence-electron chi connectivity index (χ2n) is 5.90. The van der Waals surface area contributed by atoms with Crippen molar-refractivity contribution in [3.05, 3.63) is 35.9 Å². The van der Waals surface area contributed by atoms with Crippen LogP contribution in [-0.2, 0) is 11.2 Å². The second kappa shape index (κ2) is 6.94. The molecule has 4 unspecified atom stereocenters. The maximum absolute atomic E-state index is 12.5. The zero-order valence-corrected chi connectivity index (χ0v) is 13.4. The van der Waals surface area contributed by atoms with E-state index in [0.717, 1.165) is 6.42 Å². The molecule has 0 bridgehead atoms. The van der Waals surface area contributed by atoms with Gasteiger partial charge in [-0.05, 0) is 39.7 Å². The van der Waals surface area contributed by atoms with Crippen LogP contribution in [0.3, 0.4) is 0 Å². The Kier molecular flexibility index (Phi) is 5.23. The number of urea groups is 1. The van der Waals surface area contributed by atoms with Crippen LogP contribution in [0.2, 0.25) is 0 Å². The van der Waals surface area contributed by atoms with Crippen LogP contribution in [-0.4, -0.2) is 41.8 Å². The van der Waals surface area contributed by atoms with E-state index in [4.69, 9.17) is 4.74 Å². The number of carbonyl (C=O) groups excluding carboxylic acids is 1. The van der Waals surface area contributed by atoms with E-state index in [1.807, 2.05) is 50.8 Å². The fourth-order valence-corrected chi connectivity index (χ4v) is 2.81. The second-order valence-corrected chi connectivity index (χ2v) is 5.90. The van der Waals surface area contributed by atoms with Crippen molar-refractivity contribution in [1.29, 1.82) is 0 Å². The summed E-state index contributed by atoms with van der Waals surface area (Å²) in [6, 6.07) is 10.4. The number of hydrogen-bond donors (Lipinski definition) is 1. The highest BCUT2D eigenvalue weighted by molar-refractivity contribution is 5.75. The lowest BCUT2D eigenvalue weighted by atomic mass is 10.0. The fourth-order valence-electron chi connectivity index (χ4n) is 2.81. The van der Waals surface area contributed by atoms with E-state index in [-0.39, 0.29) is 30.3 Å². The highest BCUT2D eigenvalue weighted by atomic mass is 16.5. The molecule has 0 saturated carbocycles. The maximum atomic E-state index is 12.5. The Morgan fingerprint density at radius 3 is 2.24 bits per heavy atom. The molecule has 2 amide bonds. The molecule has 1 aliphatic rings. The Bertz CT molecular complexity index is 449. The fraction of sp³-hybridized carbons (Fsp3) is 0.588. The lowest BCUT2D eigenvalue weighted by Crippen LogP contribution is -2.61. The van der Waals surface area contributed by atoms with Gasteiger partial charge in [0.2, 0.25) is 0 Å². The average molecular weight is 290 g/mol. The number of rotatable bonds is 3. The normalized spacial score (nSPS) is 29.2. The van der Waals surface area contributed by atoms with Crippen LogP contribution in [0.25, 0.3) is 0 Å². The standard InChI is InChI=1S/C17H26N2O2/c1-12-14(3)21-15(4)13(2)19(12)17(20)18-11-10-16-8-6-5-7-9-16/h5-9,12-15H,10-11H2,1-4H3,(H,18,20). The van der Waals surface area contributed by atoms with Gasteiger partial charge in [0.1, 0.15) is 0 Å². The summed E-state index contributed by atoms with van der Waals surface area (Å²) in [6.45, 7) is 8.80. The Hall–Kier alpha value is -1.55. The summed E-state index contributed by atoms with van der Waals surface area (Å²) in [4.78, 5) is 14.4. The van der Waals surface area contributed by atoms with E-state index in [1.165, 1.54) is 5.56 Å². The van der Waals surface area contributed by atoms with E-state index in [9.17, 15) is 4.79 Å². The molecule has 4 heteroatoms. The van der Waals surface area contributed by atoms with Gasteiger partial charge in [-0.1, -0.05) is 30.3 Å². The molecule has 1 N–H and O–H groups in total. The smallest absolute Gasteiger partial charge is 0.318 e. The van der Waals surface area contributed by atoms with E-state index in [0.29, 0.717) is 6.54 Å². The molecule has 1 saturated heterocycles. The molecule has 4 nitrogen and oxygen atoms in total. The molecule has 0 aliphatic carbocycles. The topological polar surface area (TPSA) is 41.6 Å². The third-order valence-electron chi connectivity index (χ3n) is 4.43. The number of benzene rings is 1. The van der Waals surface area contributed by atoms with Crippen LogP contribution in [0.5, 0.6) is 0 Å². The number of nitrogens with zero attached hydrogens (tertiary/aromatic N) is 1. The minimum Gasteiger partial charge on any atom is -0.371 e. The lowest BCUT2D eigenvalue weighted by molar-refractivity contribution is -0.111. The number of amides is 2. The first-order valence-electron chi connectivity index (χ1n) is 7.76. The quantitative estimate of drug-likeness (QED) is 0.930. The van der Waals surface area contributed by atoms with Crippen LogP contribution >= 0.6 is 0 Å². The van der Waals surface area contributed by atoms with Gasteiger partial charge < -0.3 is 15.0 Å². The van der Waals surface area contributed by atoms with E-state index < -0.39 is 0 Å². The Balaban J connectivity index is 1.89. The summed E-state index contributed by atoms with van der Waals surface area (Å²) < 4.78 is 5.84. The first kappa shape index (κ1) is 15.8. The first-order chi connectivity index (χ1) is 10.0. The number of hydrogen-bond acceptors (Lipinski definition) is 2. The summed E-state index contributed by atoms with van der Waals surface area (Å²) in [5.74, 6) is 0. The number of nitrogens with one attached hydrogen (secondary N) is 1. The SMILES string of the molecule is CC1OC(C)C(C)N(C(=O)NCCc2ccccc2)C1C. The molecule has 4 atom stereocenters. The Morgan fingerprint density at radius 1 is 1.10 bits per heavy atom. The molecule has 21 heavy (non-hydrogen) atoms. The molecule has 116 valence electrons. The maximum Gasteiger partial charge on any atom is 0.318 e. The number of carbonyl (C=O) groups is 1. The van der Waals surface area contributed by atoms with E-state index >= 15 is 0 Å². The van der Waals surface area contributed by atoms with Gasteiger partial charge in [-0.3, -0.25) is 0 Å². The predicted octanol–water partition coefficient (Wildman–Crippen LogP) is 2.82. The molecule has 1 aromatic carbocycles. The van der Waals surface area contributed by atoms with Crippen molar-refractivity contribution in [2.75, 3.05) is 6.54 Å². The van der Waals surface area contributed by atoms with Crippen molar-refractivity contribution >= 4 is 6.03 Å². The van der Waals surface area contributed by atoms with Crippen molar-refractivity contribution in [1.82, 2.24) is 10.2 Å². The number of ether oxygens (including phenoxy) is 1. The summed E-state index contributed by atoms with van der Waals surface area (Å²) in [6.07, 6.45) is 0.984. The van der Waals surface area contributed by atoms with Crippen molar-refractivity contribution in [2.45, 2.75) is 58.4 Å². The zero-order chi connectivity index (χ0) is 15.4. The predicted molar refractivity (Wildman–Crippen MR) is 84.3 cm³/mol. The molecular weight excluding hydrogens is 264 g/mol. The van der Waals surface area contributed by atoms with Crippen LogP contribution in [0.15, 0.2) is 30.3 Å². The van der Waals surface area contributed by atoms with E-state index in [1.54, 1.807) is 0 Å². The molecule has 0 radical (unpaired) electrons. The van der Waals surface area contributed by atoms with Gasteiger partial charge in [0.25, 0.3) is 0 Å². The summed E-state index contributed by atoms with van der Waals surface area (Å²) in [5.41, 5.74) is 1.24. The highest BCUT2D eigenvalue weighted by Crippen LogP contribution is 2.23. The summed E-state index contributed by atoms with van der Waals surface area (Å²) in [7, 11) is 0. The molecular formula is C17H26N2O2. The number of morpholine rings is 1. The minimum absolute atomic E-state index is 0.00734. The molecule has 1 aliphatic heterocycles. The van der Waals surface area contributed by atoms with Gasteiger partial charge in [0.05, 0.1) is 24.3 Å². The van der Waals surface area contributed by atoms with Crippen LogP contribution in [0, 0.1) is 0 Å². The molecule has 0 aromatic heterocycles. The van der Waals surface area contributed by atoms with E-state index in [2.05, 4.69) is 17.4 Å². The van der Waals surface area contributed by atoms with Crippen molar-refractivity contribution in [2.24, 2.45) is 0 Å². The van der Waals surface area contributed by atoms with Gasteiger partial charge in [0, 0.05) is 6.54 Å². The highest BCUT2D eigenvalue weighted by Gasteiger charge is 2.37. The van der Waals surface area contributed by atoms with Crippen LogP contribution in [0.1, 0.15) is 33.3 Å². The molecule has 2 rings (SSSR count). The van der Waals surface area contributed by atoms with Crippen LogP contribution < -0.4 is 5.32 Å². The lowest BCUT2D eigenvalue weighted by Gasteiger charge is -2.45. The first-order valence-corrected chi connectivity index (χ1v) is 7.76. The average Bonchev–Trinajstić information content (AvgIpc) is 2.46. The largest absolute Gasteiger partial charge is 0.371 e. The van der Waals surface area contributed by atoms with Crippen molar-refractivity contribution < 1.29 is 9.53 Å². The molecule has 1 heterocycles. The van der Waals surface area contributed by atoms with Gasteiger partial charge >= 0.3 is 6.03 Å². The third-order valence-corrected chi connectivity index (χ3v) is 4.43. The van der Waals surface area contributed by atoms with Gasteiger partial charge in [-0.2, -0.15) is 0 Å². The van der Waals surface area contributed by atoms with Gasteiger partial charge in [-0.25, -0.2) is 4.79 Å². The van der Waals surface area contributed by atoms with Gasteiger partial charge in [-0.15, -0.1) is 0 Å². The Morgan fingerprint density at radius 2 is 1.67 bits per heavy atom. The van der Waals surface area contributed by atoms with Crippen LogP contribution in [0.4, 0.5) is 4.79 Å². The van der Waals surface area contributed by atoms with Gasteiger partial charge in [0.15, 0.2) is 0 Å².